The van der Waals surface area contributed by atoms with Crippen molar-refractivity contribution in [3.05, 3.63) is 0 Å². The summed E-state index contributed by atoms with van der Waals surface area (Å²) in [6, 6.07) is 0.0760. The van der Waals surface area contributed by atoms with Crippen LogP contribution in [0.5, 0.6) is 0 Å². The van der Waals surface area contributed by atoms with Crippen molar-refractivity contribution >= 4 is 15.7 Å². The second kappa shape index (κ2) is 4.06. The van der Waals surface area contributed by atoms with E-state index in [0.717, 1.165) is 6.26 Å². The highest BCUT2D eigenvalue weighted by Gasteiger charge is 2.20. The molecule has 0 radical (unpaired) electrons. The van der Waals surface area contributed by atoms with Crippen LogP contribution in [0.4, 0.5) is 0 Å². The highest BCUT2D eigenvalue weighted by molar-refractivity contribution is 7.90. The quantitative estimate of drug-likeness (QED) is 0.637. The van der Waals surface area contributed by atoms with Crippen LogP contribution in [0.15, 0.2) is 0 Å². The molecule has 0 unspecified atom stereocenters. The Morgan fingerprint density at radius 2 is 2.15 bits per heavy atom. The van der Waals surface area contributed by atoms with Crippen LogP contribution in [0.2, 0.25) is 0 Å². The number of sulfone groups is 1. The van der Waals surface area contributed by atoms with E-state index in [1.54, 1.807) is 0 Å². The van der Waals surface area contributed by atoms with Gasteiger partial charge in [0, 0.05) is 12.7 Å². The molecule has 13 heavy (non-hydrogen) atoms. The Hall–Kier alpha value is -0.620. The lowest BCUT2D eigenvalue weighted by molar-refractivity contribution is -0.124. The van der Waals surface area contributed by atoms with Crippen LogP contribution in [0.25, 0.3) is 0 Å². The fourth-order valence-corrected chi connectivity index (χ4v) is 1.45. The number of ether oxygens (including phenoxy) is 1. The summed E-state index contributed by atoms with van der Waals surface area (Å²) in [5.74, 6) is -0.314. The van der Waals surface area contributed by atoms with Crippen molar-refractivity contribution in [2.45, 2.75) is 12.5 Å². The van der Waals surface area contributed by atoms with E-state index in [1.807, 2.05) is 0 Å². The smallest absolute Gasteiger partial charge is 0.221 e. The van der Waals surface area contributed by atoms with Gasteiger partial charge in [0.1, 0.15) is 9.84 Å². The van der Waals surface area contributed by atoms with Gasteiger partial charge in [-0.1, -0.05) is 0 Å². The molecule has 1 aliphatic rings. The van der Waals surface area contributed by atoms with Crippen LogP contribution < -0.4 is 5.32 Å². The summed E-state index contributed by atoms with van der Waals surface area (Å²) in [6.45, 7) is 1.06. The van der Waals surface area contributed by atoms with E-state index in [4.69, 9.17) is 4.74 Å². The molecule has 1 heterocycles. The monoisotopic (exact) mass is 207 g/mol. The molecule has 0 aliphatic carbocycles. The van der Waals surface area contributed by atoms with Gasteiger partial charge in [-0.05, 0) is 0 Å². The molecular formula is C7H13NO4S. The predicted octanol–water partition coefficient (Wildman–Crippen LogP) is -1.06. The summed E-state index contributed by atoms with van der Waals surface area (Å²) < 4.78 is 26.2. The van der Waals surface area contributed by atoms with Gasteiger partial charge in [-0.15, -0.1) is 0 Å². The molecule has 1 saturated heterocycles. The molecule has 0 bridgehead atoms. The van der Waals surface area contributed by atoms with E-state index in [9.17, 15) is 13.2 Å². The Morgan fingerprint density at radius 1 is 1.54 bits per heavy atom. The lowest BCUT2D eigenvalue weighted by Gasteiger charge is -2.26. The number of amides is 1. The molecule has 0 atom stereocenters. The van der Waals surface area contributed by atoms with Crippen molar-refractivity contribution in [1.29, 1.82) is 0 Å². The van der Waals surface area contributed by atoms with Gasteiger partial charge in [0.05, 0.1) is 25.0 Å². The van der Waals surface area contributed by atoms with Crippen molar-refractivity contribution < 1.29 is 17.9 Å². The van der Waals surface area contributed by atoms with Crippen molar-refractivity contribution in [2.24, 2.45) is 0 Å². The molecule has 76 valence electrons. The number of carbonyl (C=O) groups excluding carboxylic acids is 1. The molecule has 5 nitrogen and oxygen atoms in total. The fourth-order valence-electron chi connectivity index (χ4n) is 0.897. The summed E-state index contributed by atoms with van der Waals surface area (Å²) in [7, 11) is -3.04. The van der Waals surface area contributed by atoms with Gasteiger partial charge in [0.2, 0.25) is 5.91 Å². The highest BCUT2D eigenvalue weighted by Crippen LogP contribution is 2.00. The third-order valence-corrected chi connectivity index (χ3v) is 2.65. The average molecular weight is 207 g/mol. The molecule has 0 spiro atoms. The molecule has 6 heteroatoms. The standard InChI is InChI=1S/C7H13NO4S/c1-13(10,11)3-2-7(9)8-6-4-12-5-6/h6H,2-5H2,1H3,(H,8,9). The first kappa shape index (κ1) is 10.5. The van der Waals surface area contributed by atoms with E-state index in [1.165, 1.54) is 0 Å². The van der Waals surface area contributed by atoms with E-state index in [-0.39, 0.29) is 24.1 Å². The van der Waals surface area contributed by atoms with Crippen LogP contribution in [-0.2, 0) is 19.4 Å². The molecule has 1 amide bonds. The molecule has 1 N–H and O–H groups in total. The molecule has 0 saturated carbocycles. The molecule has 0 aromatic carbocycles. The van der Waals surface area contributed by atoms with Crippen molar-refractivity contribution in [1.82, 2.24) is 5.32 Å². The Kier molecular flexibility index (Phi) is 3.27. The SMILES string of the molecule is CS(=O)(=O)CCC(=O)NC1COC1. The predicted molar refractivity (Wildman–Crippen MR) is 47.1 cm³/mol. The zero-order valence-corrected chi connectivity index (χ0v) is 8.26. The second-order valence-electron chi connectivity index (χ2n) is 3.18. The van der Waals surface area contributed by atoms with E-state index < -0.39 is 9.84 Å². The summed E-state index contributed by atoms with van der Waals surface area (Å²) >= 11 is 0. The molecular weight excluding hydrogens is 194 g/mol. The minimum Gasteiger partial charge on any atom is -0.377 e. The molecule has 0 aromatic heterocycles. The van der Waals surface area contributed by atoms with Gasteiger partial charge >= 0.3 is 0 Å². The Morgan fingerprint density at radius 3 is 2.54 bits per heavy atom. The first-order valence-corrected chi connectivity index (χ1v) is 6.08. The first-order valence-electron chi connectivity index (χ1n) is 4.02. The number of rotatable bonds is 4. The van der Waals surface area contributed by atoms with E-state index in [2.05, 4.69) is 5.32 Å². The summed E-state index contributed by atoms with van der Waals surface area (Å²) in [4.78, 5) is 11.1. The molecule has 1 rings (SSSR count). The number of nitrogens with one attached hydrogen (secondary N) is 1. The number of hydrogen-bond donors (Lipinski definition) is 1. The van der Waals surface area contributed by atoms with E-state index >= 15 is 0 Å². The lowest BCUT2D eigenvalue weighted by atomic mass is 10.2. The Balaban J connectivity index is 2.17. The second-order valence-corrected chi connectivity index (χ2v) is 5.44. The minimum absolute atomic E-state index is 0.0370. The van der Waals surface area contributed by atoms with Crippen molar-refractivity contribution in [2.75, 3.05) is 25.2 Å². The highest BCUT2D eigenvalue weighted by atomic mass is 32.2. The van der Waals surface area contributed by atoms with Crippen LogP contribution >= 0.6 is 0 Å². The zero-order valence-electron chi connectivity index (χ0n) is 7.45. The fraction of sp³-hybridized carbons (Fsp3) is 0.857. The Bertz CT molecular complexity index is 281. The summed E-state index contributed by atoms with van der Waals surface area (Å²) in [5.41, 5.74) is 0. The van der Waals surface area contributed by atoms with Crippen LogP contribution in [0.1, 0.15) is 6.42 Å². The normalized spacial score (nSPS) is 17.9. The van der Waals surface area contributed by atoms with Gasteiger partial charge in [0.25, 0.3) is 0 Å². The van der Waals surface area contributed by atoms with Gasteiger partial charge in [-0.3, -0.25) is 4.79 Å². The topological polar surface area (TPSA) is 72.5 Å². The van der Waals surface area contributed by atoms with Crippen molar-refractivity contribution in [3.63, 3.8) is 0 Å². The lowest BCUT2D eigenvalue weighted by Crippen LogP contribution is -2.48. The first-order chi connectivity index (χ1) is 5.97. The summed E-state index contributed by atoms with van der Waals surface area (Å²) in [5, 5.41) is 2.66. The maximum absolute atomic E-state index is 11.1. The largest absolute Gasteiger partial charge is 0.377 e. The van der Waals surface area contributed by atoms with Crippen LogP contribution in [-0.4, -0.2) is 45.6 Å². The zero-order chi connectivity index (χ0) is 9.90. The number of carbonyl (C=O) groups is 1. The van der Waals surface area contributed by atoms with Crippen LogP contribution in [0.3, 0.4) is 0 Å². The van der Waals surface area contributed by atoms with Gasteiger partial charge in [0.15, 0.2) is 0 Å². The van der Waals surface area contributed by atoms with Gasteiger partial charge in [-0.2, -0.15) is 0 Å². The third-order valence-electron chi connectivity index (χ3n) is 1.70. The van der Waals surface area contributed by atoms with Crippen molar-refractivity contribution in [3.8, 4) is 0 Å². The maximum atomic E-state index is 11.1. The minimum atomic E-state index is -3.04. The van der Waals surface area contributed by atoms with Crippen LogP contribution in [0, 0.1) is 0 Å². The van der Waals surface area contributed by atoms with E-state index in [0.29, 0.717) is 13.2 Å². The molecule has 0 aromatic rings. The summed E-state index contributed by atoms with van der Waals surface area (Å²) in [6.07, 6.45) is 1.15. The number of hydrogen-bond acceptors (Lipinski definition) is 4. The van der Waals surface area contributed by atoms with Gasteiger partial charge in [-0.25, -0.2) is 8.42 Å². The van der Waals surface area contributed by atoms with Gasteiger partial charge < -0.3 is 10.1 Å². The average Bonchev–Trinajstić information content (AvgIpc) is 1.91. The molecule has 1 fully saturated rings. The molecule has 1 aliphatic heterocycles. The Labute approximate surface area is 77.4 Å². The maximum Gasteiger partial charge on any atom is 0.221 e. The third kappa shape index (κ3) is 4.23.